The first kappa shape index (κ1) is 13.7. The molecule has 0 spiro atoms. The van der Waals surface area contributed by atoms with Crippen LogP contribution < -0.4 is 16.0 Å². The van der Waals surface area contributed by atoms with Crippen LogP contribution in [0.25, 0.3) is 11.0 Å². The lowest BCUT2D eigenvalue weighted by Crippen LogP contribution is -2.30. The fourth-order valence-corrected chi connectivity index (χ4v) is 2.43. The minimum absolute atomic E-state index is 0.178. The zero-order chi connectivity index (χ0) is 13.7. The van der Waals surface area contributed by atoms with Crippen LogP contribution in [-0.2, 0) is 4.79 Å². The van der Waals surface area contributed by atoms with Gasteiger partial charge in [0.15, 0.2) is 5.16 Å². The van der Waals surface area contributed by atoms with Crippen LogP contribution in [-0.4, -0.2) is 28.2 Å². The number of imidazole rings is 1. The van der Waals surface area contributed by atoms with Crippen molar-refractivity contribution in [3.63, 3.8) is 0 Å². The maximum Gasteiger partial charge on any atom is 0.234 e. The van der Waals surface area contributed by atoms with Gasteiger partial charge in [-0.1, -0.05) is 11.8 Å². The number of thioether (sulfide) groups is 1. The van der Waals surface area contributed by atoms with Gasteiger partial charge in [0.25, 0.3) is 0 Å². The number of benzene rings is 1. The summed E-state index contributed by atoms with van der Waals surface area (Å²) in [5.41, 5.74) is 3.91. The van der Waals surface area contributed by atoms with Crippen molar-refractivity contribution >= 4 is 28.7 Å². The summed E-state index contributed by atoms with van der Waals surface area (Å²) in [6, 6.07) is 5.72. The molecule has 2 rings (SSSR count). The fraction of sp³-hybridized carbons (Fsp3) is 0.333. The third-order valence-corrected chi connectivity index (χ3v) is 3.35. The van der Waals surface area contributed by atoms with Crippen molar-refractivity contribution in [3.05, 3.63) is 18.2 Å². The van der Waals surface area contributed by atoms with Crippen LogP contribution in [0.4, 0.5) is 0 Å². The monoisotopic (exact) mass is 280 g/mol. The van der Waals surface area contributed by atoms with E-state index in [0.29, 0.717) is 18.8 Å². The number of hydrogen-bond donors (Lipinski definition) is 3. The highest BCUT2D eigenvalue weighted by Gasteiger charge is 2.06. The summed E-state index contributed by atoms with van der Waals surface area (Å²) in [5, 5.41) is 0.786. The number of aromatic amines is 1. The molecule has 6 nitrogen and oxygen atoms in total. The Labute approximate surface area is 115 Å². The Bertz CT molecular complexity index is 570. The number of ether oxygens (including phenoxy) is 1. The summed E-state index contributed by atoms with van der Waals surface area (Å²) in [7, 11) is 0. The van der Waals surface area contributed by atoms with Crippen LogP contribution in [0.3, 0.4) is 0 Å². The Balaban J connectivity index is 2.02. The molecule has 0 unspecified atom stereocenters. The number of nitrogens with zero attached hydrogens (tertiary/aromatic N) is 1. The SMILES string of the molecule is CCOc1ccc2nc(SCCC(=O)NN)[nH]c2c1. The zero-order valence-corrected chi connectivity index (χ0v) is 11.4. The number of carbonyl (C=O) groups excluding carboxylic acids is 1. The molecule has 0 aliphatic heterocycles. The molecular formula is C12H16N4O2S. The number of amides is 1. The molecule has 1 aromatic carbocycles. The molecular weight excluding hydrogens is 264 g/mol. The van der Waals surface area contributed by atoms with E-state index in [4.69, 9.17) is 10.6 Å². The minimum Gasteiger partial charge on any atom is -0.494 e. The highest BCUT2D eigenvalue weighted by Crippen LogP contribution is 2.23. The summed E-state index contributed by atoms with van der Waals surface area (Å²) in [4.78, 5) is 18.6. The Hall–Kier alpha value is -1.73. The number of aromatic nitrogens is 2. The molecule has 1 amide bonds. The van der Waals surface area contributed by atoms with Gasteiger partial charge in [-0.15, -0.1) is 0 Å². The average molecular weight is 280 g/mol. The van der Waals surface area contributed by atoms with E-state index < -0.39 is 0 Å². The van der Waals surface area contributed by atoms with Crippen LogP contribution in [0.2, 0.25) is 0 Å². The van der Waals surface area contributed by atoms with Gasteiger partial charge in [0.2, 0.25) is 5.91 Å². The maximum absolute atomic E-state index is 11.0. The van der Waals surface area contributed by atoms with Gasteiger partial charge in [-0.05, 0) is 19.1 Å². The minimum atomic E-state index is -0.178. The number of nitrogens with two attached hydrogens (primary N) is 1. The molecule has 1 heterocycles. The molecule has 0 aliphatic rings. The van der Waals surface area contributed by atoms with Crippen molar-refractivity contribution < 1.29 is 9.53 Å². The second-order valence-electron chi connectivity index (χ2n) is 3.82. The van der Waals surface area contributed by atoms with Gasteiger partial charge in [-0.3, -0.25) is 10.2 Å². The first-order valence-corrected chi connectivity index (χ1v) is 6.96. The number of fused-ring (bicyclic) bond motifs is 1. The number of hydrazine groups is 1. The number of nitrogens with one attached hydrogen (secondary N) is 2. The quantitative estimate of drug-likeness (QED) is 0.322. The number of carbonyl (C=O) groups is 1. The van der Waals surface area contributed by atoms with Crippen molar-refractivity contribution in [2.75, 3.05) is 12.4 Å². The van der Waals surface area contributed by atoms with Crippen LogP contribution >= 0.6 is 11.8 Å². The van der Waals surface area contributed by atoms with Gasteiger partial charge in [-0.25, -0.2) is 10.8 Å². The van der Waals surface area contributed by atoms with Crippen LogP contribution in [0.5, 0.6) is 5.75 Å². The smallest absolute Gasteiger partial charge is 0.234 e. The van der Waals surface area contributed by atoms with E-state index in [0.717, 1.165) is 21.9 Å². The van der Waals surface area contributed by atoms with E-state index >= 15 is 0 Å². The van der Waals surface area contributed by atoms with E-state index in [1.165, 1.54) is 11.8 Å². The number of H-pyrrole nitrogens is 1. The molecule has 0 atom stereocenters. The average Bonchev–Trinajstić information content (AvgIpc) is 2.80. The maximum atomic E-state index is 11.0. The highest BCUT2D eigenvalue weighted by atomic mass is 32.2. The molecule has 2 aromatic rings. The summed E-state index contributed by atoms with van der Waals surface area (Å²) < 4.78 is 5.43. The van der Waals surface area contributed by atoms with Crippen molar-refractivity contribution in [2.45, 2.75) is 18.5 Å². The molecule has 1 aromatic heterocycles. The molecule has 102 valence electrons. The van der Waals surface area contributed by atoms with Crippen molar-refractivity contribution in [2.24, 2.45) is 5.84 Å². The lowest BCUT2D eigenvalue weighted by atomic mass is 10.3. The van der Waals surface area contributed by atoms with Crippen molar-refractivity contribution in [1.29, 1.82) is 0 Å². The topological polar surface area (TPSA) is 93.0 Å². The predicted octanol–water partition coefficient (Wildman–Crippen LogP) is 1.43. The predicted molar refractivity (Wildman–Crippen MR) is 74.9 cm³/mol. The molecule has 4 N–H and O–H groups in total. The Morgan fingerprint density at radius 1 is 1.58 bits per heavy atom. The molecule has 0 fully saturated rings. The molecule has 0 aliphatic carbocycles. The summed E-state index contributed by atoms with van der Waals surface area (Å²) in [6.45, 7) is 2.58. The van der Waals surface area contributed by atoms with Gasteiger partial charge in [0, 0.05) is 18.2 Å². The van der Waals surface area contributed by atoms with Gasteiger partial charge in [0.1, 0.15) is 5.75 Å². The molecule has 0 saturated heterocycles. The second kappa shape index (κ2) is 6.44. The van der Waals surface area contributed by atoms with E-state index in [9.17, 15) is 4.79 Å². The number of rotatable bonds is 6. The molecule has 0 radical (unpaired) electrons. The van der Waals surface area contributed by atoms with Crippen LogP contribution in [0.1, 0.15) is 13.3 Å². The van der Waals surface area contributed by atoms with E-state index in [1.807, 2.05) is 25.1 Å². The Morgan fingerprint density at radius 3 is 3.16 bits per heavy atom. The molecule has 0 saturated carbocycles. The van der Waals surface area contributed by atoms with Crippen LogP contribution in [0.15, 0.2) is 23.4 Å². The van der Waals surface area contributed by atoms with Gasteiger partial charge >= 0.3 is 0 Å². The molecule has 0 bridgehead atoms. The summed E-state index contributed by atoms with van der Waals surface area (Å²) >= 11 is 1.49. The lowest BCUT2D eigenvalue weighted by molar-refractivity contribution is -0.120. The molecule has 7 heteroatoms. The summed E-state index contributed by atoms with van der Waals surface area (Å²) in [6.07, 6.45) is 0.363. The highest BCUT2D eigenvalue weighted by molar-refractivity contribution is 7.99. The Morgan fingerprint density at radius 2 is 2.42 bits per heavy atom. The van der Waals surface area contributed by atoms with E-state index in [2.05, 4.69) is 15.4 Å². The number of hydrogen-bond acceptors (Lipinski definition) is 5. The third kappa shape index (κ3) is 3.62. The van der Waals surface area contributed by atoms with E-state index in [1.54, 1.807) is 0 Å². The fourth-order valence-electron chi connectivity index (χ4n) is 1.60. The molecule has 19 heavy (non-hydrogen) atoms. The summed E-state index contributed by atoms with van der Waals surface area (Å²) in [5.74, 6) is 6.28. The largest absolute Gasteiger partial charge is 0.494 e. The van der Waals surface area contributed by atoms with Gasteiger partial charge in [-0.2, -0.15) is 0 Å². The van der Waals surface area contributed by atoms with Crippen molar-refractivity contribution in [3.8, 4) is 5.75 Å². The third-order valence-electron chi connectivity index (χ3n) is 2.47. The van der Waals surface area contributed by atoms with Gasteiger partial charge < -0.3 is 9.72 Å². The second-order valence-corrected chi connectivity index (χ2v) is 4.90. The standard InChI is InChI=1S/C12H16N4O2S/c1-2-18-8-3-4-9-10(7-8)15-12(14-9)19-6-5-11(17)16-13/h3-4,7H,2,5-6,13H2,1H3,(H,14,15)(H,16,17). The zero-order valence-electron chi connectivity index (χ0n) is 10.6. The van der Waals surface area contributed by atoms with E-state index in [-0.39, 0.29) is 5.91 Å². The normalized spacial score (nSPS) is 10.6. The first-order valence-electron chi connectivity index (χ1n) is 5.97. The van der Waals surface area contributed by atoms with Crippen LogP contribution in [0, 0.1) is 0 Å². The lowest BCUT2D eigenvalue weighted by Gasteiger charge is -2.00. The Kier molecular flexibility index (Phi) is 4.64. The first-order chi connectivity index (χ1) is 9.22. The van der Waals surface area contributed by atoms with Crippen molar-refractivity contribution in [1.82, 2.24) is 15.4 Å². The van der Waals surface area contributed by atoms with Gasteiger partial charge in [0.05, 0.1) is 17.6 Å².